The standard InChI is InChI=1S/C14H17N3O3S/c1-20-9-8-17-13(11-5-3-2-4-6-11)15-16-14(17)21-10-7-12(18)19/h2-6H,7-10H2,1H3,(H,18,19). The van der Waals surface area contributed by atoms with Crippen LogP contribution in [0.4, 0.5) is 0 Å². The molecular formula is C14H17N3O3S. The van der Waals surface area contributed by atoms with Crippen molar-refractivity contribution in [2.45, 2.75) is 18.1 Å². The SMILES string of the molecule is COCCn1c(SCCC(=O)O)nnc1-c1ccccc1. The molecule has 1 N–H and O–H groups in total. The first-order valence-corrected chi connectivity index (χ1v) is 7.53. The summed E-state index contributed by atoms with van der Waals surface area (Å²) in [5.74, 6) is 0.425. The number of hydrogen-bond donors (Lipinski definition) is 1. The van der Waals surface area contributed by atoms with Crippen LogP contribution in [0.15, 0.2) is 35.5 Å². The lowest BCUT2D eigenvalue weighted by Crippen LogP contribution is -2.08. The van der Waals surface area contributed by atoms with Crippen molar-refractivity contribution in [2.75, 3.05) is 19.5 Å². The number of benzene rings is 1. The molecule has 1 heterocycles. The second-order valence-electron chi connectivity index (χ2n) is 4.31. The van der Waals surface area contributed by atoms with Crippen LogP contribution in [0.3, 0.4) is 0 Å². The average Bonchev–Trinajstić information content (AvgIpc) is 2.88. The Labute approximate surface area is 127 Å². The van der Waals surface area contributed by atoms with Gasteiger partial charge in [0.2, 0.25) is 0 Å². The number of hydrogen-bond acceptors (Lipinski definition) is 5. The number of carboxylic acid groups (broad SMARTS) is 1. The van der Waals surface area contributed by atoms with Crippen molar-refractivity contribution in [3.05, 3.63) is 30.3 Å². The van der Waals surface area contributed by atoms with E-state index < -0.39 is 5.97 Å². The largest absolute Gasteiger partial charge is 0.481 e. The highest BCUT2D eigenvalue weighted by molar-refractivity contribution is 7.99. The van der Waals surface area contributed by atoms with Gasteiger partial charge in [-0.15, -0.1) is 10.2 Å². The number of ether oxygens (including phenoxy) is 1. The van der Waals surface area contributed by atoms with Crippen LogP contribution in [0.1, 0.15) is 6.42 Å². The van der Waals surface area contributed by atoms with Gasteiger partial charge in [0.05, 0.1) is 19.6 Å². The summed E-state index contributed by atoms with van der Waals surface area (Å²) in [5.41, 5.74) is 0.978. The summed E-state index contributed by atoms with van der Waals surface area (Å²) in [7, 11) is 1.64. The number of carbonyl (C=O) groups is 1. The third kappa shape index (κ3) is 4.30. The van der Waals surface area contributed by atoms with E-state index in [1.165, 1.54) is 11.8 Å². The molecule has 1 aromatic carbocycles. The molecule has 0 radical (unpaired) electrons. The van der Waals surface area contributed by atoms with Crippen molar-refractivity contribution in [1.29, 1.82) is 0 Å². The Morgan fingerprint density at radius 2 is 2.10 bits per heavy atom. The maximum Gasteiger partial charge on any atom is 0.304 e. The number of methoxy groups -OCH3 is 1. The number of nitrogens with zero attached hydrogens (tertiary/aromatic N) is 3. The molecule has 0 saturated heterocycles. The highest BCUT2D eigenvalue weighted by Gasteiger charge is 2.14. The third-order valence-electron chi connectivity index (χ3n) is 2.81. The normalized spacial score (nSPS) is 10.7. The van der Waals surface area contributed by atoms with Gasteiger partial charge in [0.1, 0.15) is 0 Å². The van der Waals surface area contributed by atoms with Crippen molar-refractivity contribution < 1.29 is 14.6 Å². The van der Waals surface area contributed by atoms with E-state index >= 15 is 0 Å². The molecule has 0 aliphatic heterocycles. The van der Waals surface area contributed by atoms with Crippen LogP contribution in [0.2, 0.25) is 0 Å². The minimum Gasteiger partial charge on any atom is -0.481 e. The molecule has 0 amide bonds. The zero-order valence-electron chi connectivity index (χ0n) is 11.7. The van der Waals surface area contributed by atoms with Crippen LogP contribution >= 0.6 is 11.8 Å². The molecule has 2 rings (SSSR count). The minimum absolute atomic E-state index is 0.0997. The fourth-order valence-corrected chi connectivity index (χ4v) is 2.70. The quantitative estimate of drug-likeness (QED) is 0.753. The van der Waals surface area contributed by atoms with Crippen molar-refractivity contribution in [3.63, 3.8) is 0 Å². The lowest BCUT2D eigenvalue weighted by Gasteiger charge is -2.09. The maximum atomic E-state index is 10.6. The molecule has 112 valence electrons. The molecule has 2 aromatic rings. The van der Waals surface area contributed by atoms with E-state index in [1.807, 2.05) is 34.9 Å². The van der Waals surface area contributed by atoms with Gasteiger partial charge in [0, 0.05) is 18.4 Å². The van der Waals surface area contributed by atoms with Crippen molar-refractivity contribution in [1.82, 2.24) is 14.8 Å². The van der Waals surface area contributed by atoms with Gasteiger partial charge in [-0.1, -0.05) is 42.1 Å². The predicted molar refractivity (Wildman–Crippen MR) is 80.3 cm³/mol. The predicted octanol–water partition coefficient (Wildman–Crippen LogP) is 2.16. The first-order valence-electron chi connectivity index (χ1n) is 6.54. The van der Waals surface area contributed by atoms with Crippen LogP contribution in [0.25, 0.3) is 11.4 Å². The summed E-state index contributed by atoms with van der Waals surface area (Å²) in [4.78, 5) is 10.6. The number of aliphatic carboxylic acids is 1. The molecule has 7 heteroatoms. The Morgan fingerprint density at radius 3 is 2.76 bits per heavy atom. The Morgan fingerprint density at radius 1 is 1.33 bits per heavy atom. The fraction of sp³-hybridized carbons (Fsp3) is 0.357. The molecule has 1 aromatic heterocycles. The molecule has 6 nitrogen and oxygen atoms in total. The summed E-state index contributed by atoms with van der Waals surface area (Å²) in [6, 6.07) is 9.78. The van der Waals surface area contributed by atoms with E-state index in [0.29, 0.717) is 24.1 Å². The molecule has 0 saturated carbocycles. The second-order valence-corrected chi connectivity index (χ2v) is 5.37. The first-order chi connectivity index (χ1) is 10.2. The lowest BCUT2D eigenvalue weighted by atomic mass is 10.2. The Balaban J connectivity index is 2.20. The van der Waals surface area contributed by atoms with Crippen LogP contribution in [-0.2, 0) is 16.1 Å². The third-order valence-corrected chi connectivity index (χ3v) is 3.78. The number of aromatic nitrogens is 3. The van der Waals surface area contributed by atoms with Gasteiger partial charge in [0.15, 0.2) is 11.0 Å². The summed E-state index contributed by atoms with van der Waals surface area (Å²) in [5, 5.41) is 17.8. The summed E-state index contributed by atoms with van der Waals surface area (Å²) < 4.78 is 7.09. The van der Waals surface area contributed by atoms with E-state index in [-0.39, 0.29) is 6.42 Å². The monoisotopic (exact) mass is 307 g/mol. The van der Waals surface area contributed by atoms with Gasteiger partial charge in [-0.3, -0.25) is 9.36 Å². The summed E-state index contributed by atoms with van der Waals surface area (Å²) in [6.45, 7) is 1.17. The van der Waals surface area contributed by atoms with Gasteiger partial charge in [0.25, 0.3) is 0 Å². The molecule has 0 fully saturated rings. The number of rotatable bonds is 8. The maximum absolute atomic E-state index is 10.6. The van der Waals surface area contributed by atoms with Crippen LogP contribution in [0, 0.1) is 0 Å². The molecule has 0 aliphatic rings. The summed E-state index contributed by atoms with van der Waals surface area (Å²) >= 11 is 1.39. The lowest BCUT2D eigenvalue weighted by molar-refractivity contribution is -0.136. The fourth-order valence-electron chi connectivity index (χ4n) is 1.81. The smallest absolute Gasteiger partial charge is 0.304 e. The number of thioether (sulfide) groups is 1. The average molecular weight is 307 g/mol. The first kappa shape index (κ1) is 15.5. The topological polar surface area (TPSA) is 77.2 Å². The van der Waals surface area contributed by atoms with E-state index in [2.05, 4.69) is 10.2 Å². The van der Waals surface area contributed by atoms with E-state index in [0.717, 1.165) is 11.4 Å². The Hall–Kier alpha value is -1.86. The van der Waals surface area contributed by atoms with Crippen molar-refractivity contribution in [2.24, 2.45) is 0 Å². The highest BCUT2D eigenvalue weighted by atomic mass is 32.2. The summed E-state index contributed by atoms with van der Waals surface area (Å²) in [6.07, 6.45) is 0.0997. The highest BCUT2D eigenvalue weighted by Crippen LogP contribution is 2.24. The zero-order valence-corrected chi connectivity index (χ0v) is 12.5. The van der Waals surface area contributed by atoms with E-state index in [4.69, 9.17) is 9.84 Å². The second kappa shape index (κ2) is 7.80. The van der Waals surface area contributed by atoms with Gasteiger partial charge in [-0.2, -0.15) is 0 Å². The van der Waals surface area contributed by atoms with Crippen LogP contribution in [0.5, 0.6) is 0 Å². The van der Waals surface area contributed by atoms with E-state index in [1.54, 1.807) is 7.11 Å². The number of carboxylic acids is 1. The molecule has 0 spiro atoms. The molecule has 0 atom stereocenters. The molecule has 0 aliphatic carbocycles. The van der Waals surface area contributed by atoms with Crippen molar-refractivity contribution >= 4 is 17.7 Å². The van der Waals surface area contributed by atoms with Gasteiger partial charge in [-0.25, -0.2) is 0 Å². The van der Waals surface area contributed by atoms with E-state index in [9.17, 15) is 4.79 Å². The minimum atomic E-state index is -0.811. The van der Waals surface area contributed by atoms with Gasteiger partial charge >= 0.3 is 5.97 Å². The Kier molecular flexibility index (Phi) is 5.77. The zero-order chi connectivity index (χ0) is 15.1. The van der Waals surface area contributed by atoms with Gasteiger partial charge < -0.3 is 9.84 Å². The van der Waals surface area contributed by atoms with Crippen LogP contribution in [-0.4, -0.2) is 45.3 Å². The van der Waals surface area contributed by atoms with Gasteiger partial charge in [-0.05, 0) is 0 Å². The molecule has 0 bridgehead atoms. The van der Waals surface area contributed by atoms with Crippen LogP contribution < -0.4 is 0 Å². The molecular weight excluding hydrogens is 290 g/mol. The van der Waals surface area contributed by atoms with Crippen molar-refractivity contribution in [3.8, 4) is 11.4 Å². The Bertz CT molecular complexity index is 586. The molecule has 0 unspecified atom stereocenters. The molecule has 21 heavy (non-hydrogen) atoms.